The third-order valence-corrected chi connectivity index (χ3v) is 4.98. The number of thiazole rings is 1. The Morgan fingerprint density at radius 2 is 1.95 bits per heavy atom. The molecule has 0 amide bonds. The number of halogens is 1. The molecule has 0 aliphatic carbocycles. The molecule has 3 rings (SSSR count). The Bertz CT molecular complexity index is 741. The van der Waals surface area contributed by atoms with E-state index < -0.39 is 0 Å². The lowest BCUT2D eigenvalue weighted by atomic mass is 10.2. The maximum Gasteiger partial charge on any atom is 0.125 e. The molecule has 0 bridgehead atoms. The predicted molar refractivity (Wildman–Crippen MR) is 87.9 cm³/mol. The van der Waals surface area contributed by atoms with Crippen LogP contribution in [0.25, 0.3) is 10.6 Å². The fourth-order valence-electron chi connectivity index (χ4n) is 1.89. The first kappa shape index (κ1) is 14.1. The summed E-state index contributed by atoms with van der Waals surface area (Å²) in [6.07, 6.45) is 0. The van der Waals surface area contributed by atoms with Gasteiger partial charge in [0, 0.05) is 27.3 Å². The molecule has 0 radical (unpaired) electrons. The van der Waals surface area contributed by atoms with Crippen molar-refractivity contribution in [2.45, 2.75) is 10.6 Å². The normalized spacial score (nSPS) is 10.7. The topological polar surface area (TPSA) is 38.9 Å². The smallest absolute Gasteiger partial charge is 0.125 e. The van der Waals surface area contributed by atoms with Gasteiger partial charge in [-0.05, 0) is 18.2 Å². The summed E-state index contributed by atoms with van der Waals surface area (Å²) >= 11 is 3.20. The molecule has 3 aromatic rings. The van der Waals surface area contributed by atoms with Crippen molar-refractivity contribution in [1.82, 2.24) is 4.98 Å². The van der Waals surface area contributed by atoms with Gasteiger partial charge >= 0.3 is 0 Å². The summed E-state index contributed by atoms with van der Waals surface area (Å²) in [5.41, 5.74) is 8.41. The molecule has 21 heavy (non-hydrogen) atoms. The lowest BCUT2D eigenvalue weighted by Crippen LogP contribution is -1.90. The average Bonchev–Trinajstić information content (AvgIpc) is 2.96. The molecule has 0 atom stereocenters. The van der Waals surface area contributed by atoms with E-state index in [0.29, 0.717) is 5.69 Å². The van der Waals surface area contributed by atoms with E-state index in [0.717, 1.165) is 26.9 Å². The summed E-state index contributed by atoms with van der Waals surface area (Å²) in [6.45, 7) is 0. The van der Waals surface area contributed by atoms with Gasteiger partial charge in [0.05, 0.1) is 5.69 Å². The van der Waals surface area contributed by atoms with E-state index in [1.54, 1.807) is 29.2 Å². The quantitative estimate of drug-likeness (QED) is 0.554. The molecule has 0 aliphatic rings. The molecule has 2 N–H and O–H groups in total. The van der Waals surface area contributed by atoms with Crippen LogP contribution in [-0.2, 0) is 5.75 Å². The van der Waals surface area contributed by atoms with Crippen LogP contribution in [0, 0.1) is 5.82 Å². The van der Waals surface area contributed by atoms with E-state index in [4.69, 9.17) is 5.73 Å². The summed E-state index contributed by atoms with van der Waals surface area (Å²) < 4.78 is 13.0. The number of nitrogens with zero attached hydrogens (tertiary/aromatic N) is 1. The number of benzene rings is 2. The summed E-state index contributed by atoms with van der Waals surface area (Å²) in [6, 6.07) is 14.6. The maximum atomic E-state index is 13.0. The molecule has 0 saturated heterocycles. The molecule has 2 nitrogen and oxygen atoms in total. The molecular weight excluding hydrogens is 303 g/mol. The first-order valence-corrected chi connectivity index (χ1v) is 8.26. The molecule has 0 fully saturated rings. The molecule has 2 aromatic carbocycles. The van der Waals surface area contributed by atoms with E-state index in [-0.39, 0.29) is 5.82 Å². The second-order valence-corrected chi connectivity index (χ2v) is 6.36. The van der Waals surface area contributed by atoms with E-state index in [1.165, 1.54) is 12.1 Å². The number of rotatable bonds is 4. The molecule has 0 saturated carbocycles. The highest BCUT2D eigenvalue weighted by atomic mass is 32.2. The lowest BCUT2D eigenvalue weighted by Gasteiger charge is -2.03. The van der Waals surface area contributed by atoms with Crippen molar-refractivity contribution in [2.75, 3.05) is 5.73 Å². The van der Waals surface area contributed by atoms with Crippen LogP contribution in [0.3, 0.4) is 0 Å². The van der Waals surface area contributed by atoms with Gasteiger partial charge in [-0.15, -0.1) is 23.1 Å². The molecule has 0 spiro atoms. The number of hydrogen-bond acceptors (Lipinski definition) is 4. The van der Waals surface area contributed by atoms with Crippen molar-refractivity contribution in [2.24, 2.45) is 0 Å². The molecular formula is C16H13FN2S2. The number of thioether (sulfide) groups is 1. The van der Waals surface area contributed by atoms with E-state index in [2.05, 4.69) is 10.4 Å². The maximum absolute atomic E-state index is 13.0. The Labute approximate surface area is 130 Å². The standard InChI is InChI=1S/C16H13FN2S2/c17-12-6-7-15(14(18)8-12)20-9-13-10-21-16(19-13)11-4-2-1-3-5-11/h1-8,10H,9,18H2. The first-order valence-electron chi connectivity index (χ1n) is 6.40. The fourth-order valence-corrected chi connectivity index (χ4v) is 3.66. The Hall–Kier alpha value is -1.85. The SMILES string of the molecule is Nc1cc(F)ccc1SCc1csc(-c2ccccc2)n1. The third-order valence-electron chi connectivity index (χ3n) is 2.92. The van der Waals surface area contributed by atoms with Crippen LogP contribution in [0.15, 0.2) is 58.8 Å². The van der Waals surface area contributed by atoms with Crippen molar-refractivity contribution in [3.63, 3.8) is 0 Å². The summed E-state index contributed by atoms with van der Waals surface area (Å²) in [4.78, 5) is 5.51. The van der Waals surface area contributed by atoms with Gasteiger partial charge in [-0.25, -0.2) is 9.37 Å². The molecule has 0 aliphatic heterocycles. The second kappa shape index (κ2) is 6.28. The van der Waals surface area contributed by atoms with E-state index >= 15 is 0 Å². The zero-order chi connectivity index (χ0) is 14.7. The molecule has 1 heterocycles. The van der Waals surface area contributed by atoms with Crippen LogP contribution in [0.1, 0.15) is 5.69 Å². The molecule has 106 valence electrons. The summed E-state index contributed by atoms with van der Waals surface area (Å²) in [5.74, 6) is 0.413. The molecule has 0 unspecified atom stereocenters. The van der Waals surface area contributed by atoms with Crippen molar-refractivity contribution in [3.8, 4) is 10.6 Å². The minimum absolute atomic E-state index is 0.308. The van der Waals surface area contributed by atoms with Crippen molar-refractivity contribution in [1.29, 1.82) is 0 Å². The monoisotopic (exact) mass is 316 g/mol. The van der Waals surface area contributed by atoms with Gasteiger partial charge in [0.25, 0.3) is 0 Å². The Balaban J connectivity index is 1.70. The highest BCUT2D eigenvalue weighted by Gasteiger charge is 2.07. The highest BCUT2D eigenvalue weighted by molar-refractivity contribution is 7.98. The third kappa shape index (κ3) is 3.43. The Kier molecular flexibility index (Phi) is 4.22. The fraction of sp³-hybridized carbons (Fsp3) is 0.0625. The van der Waals surface area contributed by atoms with Crippen LogP contribution in [0.5, 0.6) is 0 Å². The van der Waals surface area contributed by atoms with E-state index in [9.17, 15) is 4.39 Å². The van der Waals surface area contributed by atoms with Crippen LogP contribution < -0.4 is 5.73 Å². The number of aromatic nitrogens is 1. The van der Waals surface area contributed by atoms with Gasteiger partial charge < -0.3 is 5.73 Å². The summed E-state index contributed by atoms with van der Waals surface area (Å²) in [7, 11) is 0. The zero-order valence-corrected chi connectivity index (χ0v) is 12.8. The number of nitrogens with two attached hydrogens (primary N) is 1. The minimum atomic E-state index is -0.308. The lowest BCUT2D eigenvalue weighted by molar-refractivity contribution is 0.627. The zero-order valence-electron chi connectivity index (χ0n) is 11.1. The van der Waals surface area contributed by atoms with Gasteiger partial charge in [-0.1, -0.05) is 30.3 Å². The van der Waals surface area contributed by atoms with E-state index in [1.807, 2.05) is 30.3 Å². The largest absolute Gasteiger partial charge is 0.398 e. The second-order valence-electron chi connectivity index (χ2n) is 4.48. The van der Waals surface area contributed by atoms with Crippen molar-refractivity contribution >= 4 is 28.8 Å². The van der Waals surface area contributed by atoms with Gasteiger partial charge in [-0.3, -0.25) is 0 Å². The number of nitrogen functional groups attached to an aromatic ring is 1. The van der Waals surface area contributed by atoms with Gasteiger partial charge in [0.2, 0.25) is 0 Å². The molecule has 1 aromatic heterocycles. The van der Waals surface area contributed by atoms with Gasteiger partial charge in [-0.2, -0.15) is 0 Å². The van der Waals surface area contributed by atoms with Crippen LogP contribution >= 0.6 is 23.1 Å². The van der Waals surface area contributed by atoms with Gasteiger partial charge in [0.15, 0.2) is 0 Å². The van der Waals surface area contributed by atoms with Crippen LogP contribution in [0.2, 0.25) is 0 Å². The number of hydrogen-bond donors (Lipinski definition) is 1. The highest BCUT2D eigenvalue weighted by Crippen LogP contribution is 2.30. The minimum Gasteiger partial charge on any atom is -0.398 e. The molecule has 5 heteroatoms. The van der Waals surface area contributed by atoms with Crippen molar-refractivity contribution in [3.05, 3.63) is 65.4 Å². The average molecular weight is 316 g/mol. The first-order chi connectivity index (χ1) is 10.2. The van der Waals surface area contributed by atoms with Crippen molar-refractivity contribution < 1.29 is 4.39 Å². The van der Waals surface area contributed by atoms with Crippen LogP contribution in [-0.4, -0.2) is 4.98 Å². The van der Waals surface area contributed by atoms with Crippen LogP contribution in [0.4, 0.5) is 10.1 Å². The Morgan fingerprint density at radius 3 is 2.71 bits per heavy atom. The van der Waals surface area contributed by atoms with Gasteiger partial charge in [0.1, 0.15) is 10.8 Å². The Morgan fingerprint density at radius 1 is 1.14 bits per heavy atom. The number of anilines is 1. The predicted octanol–water partition coefficient (Wildman–Crippen LogP) is 4.82. The summed E-state index contributed by atoms with van der Waals surface area (Å²) in [5, 5.41) is 3.06.